The van der Waals surface area contributed by atoms with Gasteiger partial charge in [0.05, 0.1) is 23.0 Å². The predicted molar refractivity (Wildman–Crippen MR) is 103 cm³/mol. The number of benzene rings is 1. The van der Waals surface area contributed by atoms with Gasteiger partial charge in [-0.2, -0.15) is 9.78 Å². The summed E-state index contributed by atoms with van der Waals surface area (Å²) in [7, 11) is 0. The number of nitrogens with zero attached hydrogens (tertiary/aromatic N) is 5. The van der Waals surface area contributed by atoms with Crippen LogP contribution >= 0.6 is 11.8 Å². The minimum atomic E-state index is -0.937. The van der Waals surface area contributed by atoms with Crippen molar-refractivity contribution >= 4 is 34.7 Å². The Morgan fingerprint density at radius 2 is 2.07 bits per heavy atom. The lowest BCUT2D eigenvalue weighted by atomic mass is 10.0. The van der Waals surface area contributed by atoms with Crippen molar-refractivity contribution < 1.29 is 13.6 Å². The summed E-state index contributed by atoms with van der Waals surface area (Å²) in [5.74, 6) is -1.07. The Hall–Kier alpha value is -3.34. The van der Waals surface area contributed by atoms with Crippen LogP contribution in [0.15, 0.2) is 30.9 Å². The summed E-state index contributed by atoms with van der Waals surface area (Å²) in [6.45, 7) is 1.80. The summed E-state index contributed by atoms with van der Waals surface area (Å²) in [5.41, 5.74) is 2.91. The van der Waals surface area contributed by atoms with Crippen LogP contribution in [0.2, 0.25) is 0 Å². The molecule has 2 N–H and O–H groups in total. The third-order valence-corrected chi connectivity index (χ3v) is 5.93. The molecule has 4 heterocycles. The zero-order chi connectivity index (χ0) is 20.1. The number of carbonyl (C=O) groups excluding carboxylic acids is 1. The molecule has 0 spiro atoms. The van der Waals surface area contributed by atoms with Gasteiger partial charge in [0, 0.05) is 5.56 Å². The maximum Gasteiger partial charge on any atom is 0.235 e. The number of carbonyl (C=O) groups is 1. The summed E-state index contributed by atoms with van der Waals surface area (Å²) in [6.07, 6.45) is 2.86. The molecule has 0 bridgehead atoms. The van der Waals surface area contributed by atoms with Crippen molar-refractivity contribution in [3.63, 3.8) is 0 Å². The maximum atomic E-state index is 13.9. The summed E-state index contributed by atoms with van der Waals surface area (Å²) in [6, 6.07) is 3.76. The van der Waals surface area contributed by atoms with E-state index in [2.05, 4.69) is 30.4 Å². The summed E-state index contributed by atoms with van der Waals surface area (Å²) < 4.78 is 28.8. The molecule has 8 nitrogen and oxygen atoms in total. The molecular formula is C18H13F2N7OS. The Morgan fingerprint density at radius 3 is 2.90 bits per heavy atom. The van der Waals surface area contributed by atoms with Gasteiger partial charge in [-0.25, -0.2) is 23.7 Å². The first-order valence-corrected chi connectivity index (χ1v) is 9.68. The number of aryl methyl sites for hydroxylation is 1. The number of imidazole rings is 1. The van der Waals surface area contributed by atoms with Crippen LogP contribution in [-0.4, -0.2) is 41.4 Å². The van der Waals surface area contributed by atoms with Crippen molar-refractivity contribution in [1.82, 2.24) is 29.7 Å². The van der Waals surface area contributed by atoms with Crippen LogP contribution in [0.1, 0.15) is 22.1 Å². The number of halogens is 2. The Kier molecular flexibility index (Phi) is 4.05. The minimum absolute atomic E-state index is 0.154. The van der Waals surface area contributed by atoms with Gasteiger partial charge in [0.25, 0.3) is 0 Å². The van der Waals surface area contributed by atoms with Crippen LogP contribution in [0, 0.1) is 18.6 Å². The number of thioether (sulfide) groups is 1. The highest BCUT2D eigenvalue weighted by molar-refractivity contribution is 8.00. The van der Waals surface area contributed by atoms with Crippen LogP contribution in [0.25, 0.3) is 17.0 Å². The number of hydrogen-bond donors (Lipinski definition) is 2. The number of amides is 1. The van der Waals surface area contributed by atoms with Crippen LogP contribution in [-0.2, 0) is 4.79 Å². The minimum Gasteiger partial charge on any atom is -0.340 e. The van der Waals surface area contributed by atoms with E-state index in [1.807, 2.05) is 0 Å². The third kappa shape index (κ3) is 2.85. The lowest BCUT2D eigenvalue weighted by molar-refractivity contribution is -0.113. The van der Waals surface area contributed by atoms with Gasteiger partial charge in [0.15, 0.2) is 23.1 Å². The molecule has 1 amide bonds. The van der Waals surface area contributed by atoms with Gasteiger partial charge in [0.2, 0.25) is 5.91 Å². The van der Waals surface area contributed by atoms with E-state index >= 15 is 0 Å². The molecule has 146 valence electrons. The Labute approximate surface area is 166 Å². The normalized spacial score (nSPS) is 16.5. The SMILES string of the molecule is Cc1nn(-c2ncnc3nc[nH]c23)c2c1[C@@H](c1ccc(F)c(F)c1)SCC(=O)N2. The van der Waals surface area contributed by atoms with Gasteiger partial charge >= 0.3 is 0 Å². The van der Waals surface area contributed by atoms with Crippen molar-refractivity contribution in [2.24, 2.45) is 0 Å². The zero-order valence-electron chi connectivity index (χ0n) is 15.0. The number of fused-ring (bicyclic) bond motifs is 2. The number of rotatable bonds is 2. The number of H-pyrrole nitrogens is 1. The fourth-order valence-electron chi connectivity index (χ4n) is 3.39. The Morgan fingerprint density at radius 1 is 1.21 bits per heavy atom. The summed E-state index contributed by atoms with van der Waals surface area (Å²) >= 11 is 1.32. The van der Waals surface area contributed by atoms with Crippen molar-refractivity contribution in [2.75, 3.05) is 11.1 Å². The molecule has 1 aliphatic rings. The molecule has 29 heavy (non-hydrogen) atoms. The Bertz CT molecular complexity index is 1270. The van der Waals surface area contributed by atoms with E-state index in [1.165, 1.54) is 35.2 Å². The molecule has 1 aliphatic heterocycles. The molecule has 0 unspecified atom stereocenters. The molecule has 0 saturated heterocycles. The van der Waals surface area contributed by atoms with E-state index in [4.69, 9.17) is 0 Å². The quantitative estimate of drug-likeness (QED) is 0.524. The topological polar surface area (TPSA) is 101 Å². The second kappa shape index (κ2) is 6.62. The fourth-order valence-corrected chi connectivity index (χ4v) is 4.57. The highest BCUT2D eigenvalue weighted by Crippen LogP contribution is 2.44. The number of aromatic nitrogens is 6. The number of hydrogen-bond acceptors (Lipinski definition) is 6. The van der Waals surface area contributed by atoms with Crippen LogP contribution < -0.4 is 5.32 Å². The maximum absolute atomic E-state index is 13.9. The molecule has 4 aromatic rings. The largest absolute Gasteiger partial charge is 0.340 e. The van der Waals surface area contributed by atoms with E-state index in [0.29, 0.717) is 39.6 Å². The third-order valence-electron chi connectivity index (χ3n) is 4.66. The molecule has 0 aliphatic carbocycles. The van der Waals surface area contributed by atoms with E-state index in [9.17, 15) is 13.6 Å². The van der Waals surface area contributed by atoms with Gasteiger partial charge in [-0.3, -0.25) is 4.79 Å². The molecule has 0 radical (unpaired) electrons. The van der Waals surface area contributed by atoms with Crippen LogP contribution in [0.3, 0.4) is 0 Å². The average molecular weight is 413 g/mol. The first-order valence-electron chi connectivity index (χ1n) is 8.63. The van der Waals surface area contributed by atoms with E-state index in [1.54, 1.807) is 6.92 Å². The van der Waals surface area contributed by atoms with E-state index in [0.717, 1.165) is 12.1 Å². The molecule has 5 rings (SSSR count). The van der Waals surface area contributed by atoms with Crippen LogP contribution in [0.5, 0.6) is 0 Å². The number of nitrogens with one attached hydrogen (secondary N) is 2. The molecule has 1 atom stereocenters. The van der Waals surface area contributed by atoms with Gasteiger partial charge in [0.1, 0.15) is 17.7 Å². The van der Waals surface area contributed by atoms with Gasteiger partial charge in [-0.05, 0) is 24.6 Å². The van der Waals surface area contributed by atoms with E-state index in [-0.39, 0.29) is 11.7 Å². The first kappa shape index (κ1) is 17.7. The lowest BCUT2D eigenvalue weighted by Gasteiger charge is -2.15. The smallest absolute Gasteiger partial charge is 0.235 e. The molecule has 0 fully saturated rings. The summed E-state index contributed by atoms with van der Waals surface area (Å²) in [5, 5.41) is 7.03. The highest BCUT2D eigenvalue weighted by atomic mass is 32.2. The molecule has 0 saturated carbocycles. The molecular weight excluding hydrogens is 400 g/mol. The second-order valence-corrected chi connectivity index (χ2v) is 7.56. The number of aromatic amines is 1. The Balaban J connectivity index is 1.73. The average Bonchev–Trinajstić information content (AvgIpc) is 3.25. The summed E-state index contributed by atoms with van der Waals surface area (Å²) in [4.78, 5) is 27.9. The van der Waals surface area contributed by atoms with Gasteiger partial charge < -0.3 is 10.3 Å². The molecule has 1 aromatic carbocycles. The molecule has 3 aromatic heterocycles. The van der Waals surface area contributed by atoms with Crippen molar-refractivity contribution in [3.8, 4) is 5.82 Å². The van der Waals surface area contributed by atoms with Crippen molar-refractivity contribution in [1.29, 1.82) is 0 Å². The molecule has 11 heteroatoms. The number of anilines is 1. The lowest BCUT2D eigenvalue weighted by Crippen LogP contribution is -2.16. The monoisotopic (exact) mass is 413 g/mol. The van der Waals surface area contributed by atoms with Crippen molar-refractivity contribution in [2.45, 2.75) is 12.2 Å². The second-order valence-electron chi connectivity index (χ2n) is 6.47. The van der Waals surface area contributed by atoms with Crippen LogP contribution in [0.4, 0.5) is 14.6 Å². The zero-order valence-corrected chi connectivity index (χ0v) is 15.8. The van der Waals surface area contributed by atoms with Crippen molar-refractivity contribution in [3.05, 3.63) is 59.3 Å². The first-order chi connectivity index (χ1) is 14.0. The van der Waals surface area contributed by atoms with Gasteiger partial charge in [-0.15, -0.1) is 11.8 Å². The highest BCUT2D eigenvalue weighted by Gasteiger charge is 2.32. The standard InChI is InChI=1S/C18H13F2N7OS/c1-8-13-15(9-2-3-10(19)11(20)4-9)29-5-12(28)25-17(13)27(26-8)18-14-16(22-6-21-14)23-7-24-18/h2-4,6-7,15H,5H2,1H3,(H,25,28)(H,21,22,23,24)/t15-/m1/s1. The fraction of sp³-hybridized carbons (Fsp3) is 0.167. The van der Waals surface area contributed by atoms with E-state index < -0.39 is 16.9 Å². The predicted octanol–water partition coefficient (Wildman–Crippen LogP) is 2.90. The van der Waals surface area contributed by atoms with Gasteiger partial charge in [-0.1, -0.05) is 6.07 Å².